The van der Waals surface area contributed by atoms with Crippen LogP contribution in [0.25, 0.3) is 0 Å². The lowest BCUT2D eigenvalue weighted by molar-refractivity contribution is -0.117. The van der Waals surface area contributed by atoms with Gasteiger partial charge in [-0.25, -0.2) is 0 Å². The third-order valence-corrected chi connectivity index (χ3v) is 2.95. The number of carbonyl (C=O) groups is 1. The molecule has 0 spiro atoms. The van der Waals surface area contributed by atoms with Crippen LogP contribution in [0.15, 0.2) is 6.07 Å². The van der Waals surface area contributed by atoms with Gasteiger partial charge < -0.3 is 5.32 Å². The molecular weight excluding hydrogens is 210 g/mol. The number of likely N-dealkylation sites (N-methyl/N-ethyl adjacent to an activating group) is 1. The van der Waals surface area contributed by atoms with Crippen molar-refractivity contribution in [2.75, 3.05) is 25.0 Å². The van der Waals surface area contributed by atoms with E-state index in [1.165, 1.54) is 11.5 Å². The fraction of sp³-hybridized carbons (Fsp3) is 0.600. The van der Waals surface area contributed by atoms with Crippen molar-refractivity contribution in [3.8, 4) is 0 Å². The van der Waals surface area contributed by atoms with Gasteiger partial charge in [0, 0.05) is 0 Å². The summed E-state index contributed by atoms with van der Waals surface area (Å²) < 4.78 is 4.10. The third kappa shape index (κ3) is 3.97. The summed E-state index contributed by atoms with van der Waals surface area (Å²) in [7, 11) is 0. The van der Waals surface area contributed by atoms with Crippen LogP contribution in [0.4, 0.5) is 5.00 Å². The SMILES string of the molecule is CCN(CC)CC(=O)Nc1cc(C)ns1. The number of rotatable bonds is 5. The predicted molar refractivity (Wildman–Crippen MR) is 63.3 cm³/mol. The molecule has 0 aliphatic heterocycles. The number of aryl methyl sites for hydroxylation is 1. The zero-order valence-corrected chi connectivity index (χ0v) is 10.2. The van der Waals surface area contributed by atoms with E-state index in [1.54, 1.807) is 0 Å². The topological polar surface area (TPSA) is 45.2 Å². The van der Waals surface area contributed by atoms with Crippen LogP contribution in [0.2, 0.25) is 0 Å². The van der Waals surface area contributed by atoms with E-state index in [0.717, 1.165) is 23.8 Å². The number of amides is 1. The summed E-state index contributed by atoms with van der Waals surface area (Å²) in [6.45, 7) is 8.25. The average molecular weight is 227 g/mol. The van der Waals surface area contributed by atoms with Gasteiger partial charge in [0.25, 0.3) is 0 Å². The Kier molecular flexibility index (Phi) is 4.71. The highest BCUT2D eigenvalue weighted by atomic mass is 32.1. The van der Waals surface area contributed by atoms with Crippen LogP contribution in [0.1, 0.15) is 19.5 Å². The third-order valence-electron chi connectivity index (χ3n) is 2.15. The zero-order chi connectivity index (χ0) is 11.3. The van der Waals surface area contributed by atoms with E-state index >= 15 is 0 Å². The van der Waals surface area contributed by atoms with E-state index < -0.39 is 0 Å². The Morgan fingerprint density at radius 1 is 1.53 bits per heavy atom. The molecule has 1 aromatic heterocycles. The minimum Gasteiger partial charge on any atom is -0.315 e. The van der Waals surface area contributed by atoms with E-state index in [0.29, 0.717) is 6.54 Å². The van der Waals surface area contributed by atoms with E-state index in [9.17, 15) is 4.79 Å². The van der Waals surface area contributed by atoms with Crippen molar-refractivity contribution in [1.82, 2.24) is 9.27 Å². The van der Waals surface area contributed by atoms with E-state index in [2.05, 4.69) is 14.6 Å². The molecule has 0 fully saturated rings. The lowest BCUT2D eigenvalue weighted by Gasteiger charge is -2.16. The molecule has 1 rings (SSSR count). The molecule has 1 N–H and O–H groups in total. The standard InChI is InChI=1S/C10H17N3OS/c1-4-13(5-2)7-9(14)11-10-6-8(3)12-15-10/h6H,4-5,7H2,1-3H3,(H,11,14). The molecule has 0 unspecified atom stereocenters. The minimum atomic E-state index is 0.0300. The first-order valence-corrected chi connectivity index (χ1v) is 5.88. The summed E-state index contributed by atoms with van der Waals surface area (Å²) in [5.74, 6) is 0.0300. The molecule has 4 nitrogen and oxygen atoms in total. The number of anilines is 1. The molecule has 84 valence electrons. The number of hydrogen-bond acceptors (Lipinski definition) is 4. The number of aromatic nitrogens is 1. The summed E-state index contributed by atoms with van der Waals surface area (Å²) in [6, 6.07) is 1.88. The smallest absolute Gasteiger partial charge is 0.239 e. The fourth-order valence-electron chi connectivity index (χ4n) is 1.25. The van der Waals surface area contributed by atoms with Crippen molar-refractivity contribution >= 4 is 22.4 Å². The summed E-state index contributed by atoms with van der Waals surface area (Å²) in [5, 5.41) is 3.66. The second kappa shape index (κ2) is 5.82. The fourth-order valence-corrected chi connectivity index (χ4v) is 1.93. The minimum absolute atomic E-state index is 0.0300. The van der Waals surface area contributed by atoms with Crippen LogP contribution in [0, 0.1) is 6.92 Å². The number of nitrogens with zero attached hydrogens (tertiary/aromatic N) is 2. The summed E-state index contributed by atoms with van der Waals surface area (Å²) in [5.41, 5.74) is 0.943. The molecule has 0 aliphatic rings. The van der Waals surface area contributed by atoms with Gasteiger partial charge in [0.15, 0.2) is 0 Å². The molecule has 0 atom stereocenters. The maximum absolute atomic E-state index is 11.6. The molecular formula is C10H17N3OS. The van der Waals surface area contributed by atoms with Gasteiger partial charge in [-0.2, -0.15) is 4.37 Å². The van der Waals surface area contributed by atoms with Crippen molar-refractivity contribution in [3.63, 3.8) is 0 Å². The van der Waals surface area contributed by atoms with Crippen molar-refractivity contribution in [2.24, 2.45) is 0 Å². The highest BCUT2D eigenvalue weighted by Gasteiger charge is 2.08. The molecule has 1 aromatic rings. The van der Waals surface area contributed by atoms with Crippen LogP contribution in [0.3, 0.4) is 0 Å². The van der Waals surface area contributed by atoms with Gasteiger partial charge >= 0.3 is 0 Å². The molecule has 0 aliphatic carbocycles. The van der Waals surface area contributed by atoms with Gasteiger partial charge in [-0.05, 0) is 37.6 Å². The van der Waals surface area contributed by atoms with Gasteiger partial charge in [0.05, 0.1) is 12.2 Å². The van der Waals surface area contributed by atoms with Gasteiger partial charge in [-0.15, -0.1) is 0 Å². The zero-order valence-electron chi connectivity index (χ0n) is 9.41. The van der Waals surface area contributed by atoms with Crippen molar-refractivity contribution in [3.05, 3.63) is 11.8 Å². The van der Waals surface area contributed by atoms with Crippen molar-refractivity contribution in [2.45, 2.75) is 20.8 Å². The van der Waals surface area contributed by atoms with Gasteiger partial charge in [-0.3, -0.25) is 9.69 Å². The monoisotopic (exact) mass is 227 g/mol. The Morgan fingerprint density at radius 3 is 2.67 bits per heavy atom. The molecule has 0 aromatic carbocycles. The van der Waals surface area contributed by atoms with Crippen molar-refractivity contribution in [1.29, 1.82) is 0 Å². The Hall–Kier alpha value is -0.940. The lowest BCUT2D eigenvalue weighted by atomic mass is 10.4. The Morgan fingerprint density at radius 2 is 2.20 bits per heavy atom. The van der Waals surface area contributed by atoms with E-state index in [4.69, 9.17) is 0 Å². The molecule has 5 heteroatoms. The maximum Gasteiger partial charge on any atom is 0.239 e. The number of nitrogens with one attached hydrogen (secondary N) is 1. The second-order valence-corrected chi connectivity index (χ2v) is 4.15. The van der Waals surface area contributed by atoms with Crippen molar-refractivity contribution < 1.29 is 4.79 Å². The molecule has 15 heavy (non-hydrogen) atoms. The largest absolute Gasteiger partial charge is 0.315 e. The van der Waals surface area contributed by atoms with E-state index in [-0.39, 0.29) is 5.91 Å². The van der Waals surface area contributed by atoms with Crippen LogP contribution >= 0.6 is 11.5 Å². The first-order chi connectivity index (χ1) is 7.15. The summed E-state index contributed by atoms with van der Waals surface area (Å²) in [6.07, 6.45) is 0. The Bertz CT molecular complexity index is 320. The molecule has 1 amide bonds. The molecule has 0 saturated carbocycles. The maximum atomic E-state index is 11.6. The second-order valence-electron chi connectivity index (χ2n) is 3.34. The van der Waals surface area contributed by atoms with Gasteiger partial charge in [0.2, 0.25) is 5.91 Å². The molecule has 0 bridgehead atoms. The highest BCUT2D eigenvalue weighted by molar-refractivity contribution is 7.10. The predicted octanol–water partition coefficient (Wildman–Crippen LogP) is 1.73. The Labute approximate surface area is 94.5 Å². The van der Waals surface area contributed by atoms with Crippen LogP contribution in [-0.4, -0.2) is 34.8 Å². The Balaban J connectivity index is 2.42. The van der Waals surface area contributed by atoms with E-state index in [1.807, 2.05) is 26.8 Å². The summed E-state index contributed by atoms with van der Waals surface area (Å²) >= 11 is 1.32. The summed E-state index contributed by atoms with van der Waals surface area (Å²) in [4.78, 5) is 13.6. The highest BCUT2D eigenvalue weighted by Crippen LogP contribution is 2.14. The quantitative estimate of drug-likeness (QED) is 0.833. The first-order valence-electron chi connectivity index (χ1n) is 5.11. The van der Waals surface area contributed by atoms with Crippen LogP contribution in [0.5, 0.6) is 0 Å². The lowest BCUT2D eigenvalue weighted by Crippen LogP contribution is -2.32. The van der Waals surface area contributed by atoms with Crippen LogP contribution in [-0.2, 0) is 4.79 Å². The van der Waals surface area contributed by atoms with Crippen LogP contribution < -0.4 is 5.32 Å². The normalized spacial score (nSPS) is 10.7. The molecule has 0 saturated heterocycles. The number of hydrogen-bond donors (Lipinski definition) is 1. The molecule has 0 radical (unpaired) electrons. The van der Waals surface area contributed by atoms with Gasteiger partial charge in [-0.1, -0.05) is 13.8 Å². The molecule has 1 heterocycles. The average Bonchev–Trinajstić information content (AvgIpc) is 2.60. The van der Waals surface area contributed by atoms with Gasteiger partial charge in [0.1, 0.15) is 5.00 Å². The first kappa shape index (κ1) is 12.1. The number of carbonyl (C=O) groups excluding carboxylic acids is 1.